The topological polar surface area (TPSA) is 80.0 Å². The minimum absolute atomic E-state index is 0.115. The molecule has 7 heteroatoms. The Kier molecular flexibility index (Phi) is 6.93. The van der Waals surface area contributed by atoms with Crippen molar-refractivity contribution in [2.75, 3.05) is 24.7 Å². The highest BCUT2D eigenvalue weighted by molar-refractivity contribution is 7.91. The molecule has 0 unspecified atom stereocenters. The molecule has 6 nitrogen and oxygen atoms in total. The lowest BCUT2D eigenvalue weighted by Crippen LogP contribution is -2.42. The standard InChI is InChI=1S/C21H27NO5S/c1-2-6-17-7-3-4-9-21(17)27-15-19(23)13-22(14-20-8-5-11-26-20)18-10-12-28(24,25)16-18/h2-5,7-9,11,18-19,23H,1,6,10,12-16H2/t18-,19-/m0/s1. The van der Waals surface area contributed by atoms with Crippen LogP contribution in [0.1, 0.15) is 17.7 Å². The fourth-order valence-electron chi connectivity index (χ4n) is 3.49. The Morgan fingerprint density at radius 1 is 1.32 bits per heavy atom. The molecule has 0 spiro atoms. The molecule has 3 rings (SSSR count). The number of hydrogen-bond acceptors (Lipinski definition) is 6. The second-order valence-electron chi connectivity index (χ2n) is 7.13. The number of allylic oxidation sites excluding steroid dienone is 1. The van der Waals surface area contributed by atoms with Gasteiger partial charge in [0.25, 0.3) is 0 Å². The van der Waals surface area contributed by atoms with Gasteiger partial charge in [0.05, 0.1) is 24.3 Å². The first-order chi connectivity index (χ1) is 13.5. The lowest BCUT2D eigenvalue weighted by atomic mass is 10.1. The van der Waals surface area contributed by atoms with E-state index in [0.717, 1.165) is 17.1 Å². The van der Waals surface area contributed by atoms with Gasteiger partial charge in [0.2, 0.25) is 0 Å². The smallest absolute Gasteiger partial charge is 0.151 e. The molecule has 1 aliphatic rings. The number of ether oxygens (including phenoxy) is 1. The Balaban J connectivity index is 1.62. The molecule has 1 N–H and O–H groups in total. The largest absolute Gasteiger partial charge is 0.491 e. The van der Waals surface area contributed by atoms with Gasteiger partial charge in [0.15, 0.2) is 9.84 Å². The predicted octanol–water partition coefficient (Wildman–Crippen LogP) is 2.44. The third-order valence-corrected chi connectivity index (χ3v) is 6.63. The lowest BCUT2D eigenvalue weighted by molar-refractivity contribution is 0.0495. The maximum absolute atomic E-state index is 11.9. The molecular weight excluding hydrogens is 378 g/mol. The van der Waals surface area contributed by atoms with Crippen molar-refractivity contribution < 1.29 is 22.7 Å². The second kappa shape index (κ2) is 9.41. The van der Waals surface area contributed by atoms with Crippen LogP contribution in [0.15, 0.2) is 59.7 Å². The molecule has 1 aliphatic heterocycles. The molecule has 0 amide bonds. The molecule has 0 radical (unpaired) electrons. The van der Waals surface area contributed by atoms with Gasteiger partial charge in [-0.3, -0.25) is 4.90 Å². The van der Waals surface area contributed by atoms with Crippen LogP contribution in [0.5, 0.6) is 5.75 Å². The van der Waals surface area contributed by atoms with Gasteiger partial charge in [-0.2, -0.15) is 0 Å². The summed E-state index contributed by atoms with van der Waals surface area (Å²) in [5, 5.41) is 10.6. The second-order valence-corrected chi connectivity index (χ2v) is 9.36. The van der Waals surface area contributed by atoms with Crippen LogP contribution in [0.3, 0.4) is 0 Å². The number of aliphatic hydroxyl groups excluding tert-OH is 1. The molecule has 0 aliphatic carbocycles. The summed E-state index contributed by atoms with van der Waals surface area (Å²) in [5.41, 5.74) is 1.01. The van der Waals surface area contributed by atoms with Gasteiger partial charge in [-0.25, -0.2) is 8.42 Å². The van der Waals surface area contributed by atoms with Gasteiger partial charge in [0.1, 0.15) is 24.2 Å². The zero-order valence-corrected chi connectivity index (χ0v) is 16.7. The fourth-order valence-corrected chi connectivity index (χ4v) is 5.25. The Morgan fingerprint density at radius 3 is 2.82 bits per heavy atom. The minimum Gasteiger partial charge on any atom is -0.491 e. The van der Waals surface area contributed by atoms with Crippen LogP contribution in [0.4, 0.5) is 0 Å². The van der Waals surface area contributed by atoms with Gasteiger partial charge < -0.3 is 14.3 Å². The summed E-state index contributed by atoms with van der Waals surface area (Å²) in [4.78, 5) is 1.98. The molecule has 1 saturated heterocycles. The van der Waals surface area contributed by atoms with Crippen molar-refractivity contribution in [2.24, 2.45) is 0 Å². The summed E-state index contributed by atoms with van der Waals surface area (Å²) in [5.74, 6) is 1.77. The van der Waals surface area contributed by atoms with E-state index in [-0.39, 0.29) is 24.2 Å². The van der Waals surface area contributed by atoms with Crippen LogP contribution >= 0.6 is 0 Å². The SMILES string of the molecule is C=CCc1ccccc1OC[C@@H](O)CN(Cc1ccco1)[C@H]1CCS(=O)(=O)C1. The van der Waals surface area contributed by atoms with E-state index in [2.05, 4.69) is 6.58 Å². The molecule has 1 fully saturated rings. The molecular formula is C21H27NO5S. The average Bonchev–Trinajstić information content (AvgIpc) is 3.30. The van der Waals surface area contributed by atoms with Crippen molar-refractivity contribution in [3.8, 4) is 5.75 Å². The monoisotopic (exact) mass is 405 g/mol. The van der Waals surface area contributed by atoms with Crippen LogP contribution in [0, 0.1) is 0 Å². The van der Waals surface area contributed by atoms with Gasteiger partial charge in [-0.1, -0.05) is 24.3 Å². The van der Waals surface area contributed by atoms with Crippen LogP contribution in [0.25, 0.3) is 0 Å². The number of sulfone groups is 1. The first-order valence-corrected chi connectivity index (χ1v) is 11.3. The van der Waals surface area contributed by atoms with Crippen molar-refractivity contribution in [1.29, 1.82) is 0 Å². The van der Waals surface area contributed by atoms with E-state index < -0.39 is 15.9 Å². The Hall–Kier alpha value is -2.09. The zero-order valence-electron chi connectivity index (χ0n) is 15.9. The summed E-state index contributed by atoms with van der Waals surface area (Å²) in [6.07, 6.45) is 3.91. The molecule has 0 saturated carbocycles. The van der Waals surface area contributed by atoms with E-state index in [1.807, 2.05) is 41.3 Å². The van der Waals surface area contributed by atoms with Crippen molar-refractivity contribution in [2.45, 2.75) is 31.5 Å². The first-order valence-electron chi connectivity index (χ1n) is 9.43. The summed E-state index contributed by atoms with van der Waals surface area (Å²) in [6.45, 7) is 4.65. The van der Waals surface area contributed by atoms with E-state index in [0.29, 0.717) is 25.9 Å². The normalized spacial score (nSPS) is 19.6. The first kappa shape index (κ1) is 20.6. The number of nitrogens with zero attached hydrogens (tertiary/aromatic N) is 1. The van der Waals surface area contributed by atoms with Crippen LogP contribution < -0.4 is 4.74 Å². The van der Waals surface area contributed by atoms with Gasteiger partial charge in [-0.05, 0) is 36.6 Å². The molecule has 2 heterocycles. The Morgan fingerprint density at radius 2 is 2.14 bits per heavy atom. The van der Waals surface area contributed by atoms with E-state index in [9.17, 15) is 13.5 Å². The van der Waals surface area contributed by atoms with E-state index in [4.69, 9.17) is 9.15 Å². The third-order valence-electron chi connectivity index (χ3n) is 4.88. The van der Waals surface area contributed by atoms with E-state index in [1.165, 1.54) is 0 Å². The average molecular weight is 406 g/mol. The highest BCUT2D eigenvalue weighted by Crippen LogP contribution is 2.22. The number of benzene rings is 1. The molecule has 2 atom stereocenters. The maximum Gasteiger partial charge on any atom is 0.151 e. The highest BCUT2D eigenvalue weighted by Gasteiger charge is 2.33. The summed E-state index contributed by atoms with van der Waals surface area (Å²) < 4.78 is 35.0. The predicted molar refractivity (Wildman–Crippen MR) is 108 cm³/mol. The van der Waals surface area contributed by atoms with Crippen molar-refractivity contribution in [3.63, 3.8) is 0 Å². The van der Waals surface area contributed by atoms with Crippen LogP contribution in [-0.4, -0.2) is 55.2 Å². The fraction of sp³-hybridized carbons (Fsp3) is 0.429. The van der Waals surface area contributed by atoms with Gasteiger partial charge >= 0.3 is 0 Å². The van der Waals surface area contributed by atoms with Crippen molar-refractivity contribution in [1.82, 2.24) is 4.90 Å². The number of furan rings is 1. The van der Waals surface area contributed by atoms with Crippen molar-refractivity contribution in [3.05, 3.63) is 66.6 Å². The Labute approximate surface area is 166 Å². The summed E-state index contributed by atoms with van der Waals surface area (Å²) >= 11 is 0. The van der Waals surface area contributed by atoms with E-state index >= 15 is 0 Å². The maximum atomic E-state index is 11.9. The molecule has 0 bridgehead atoms. The van der Waals surface area contributed by atoms with Crippen molar-refractivity contribution >= 4 is 9.84 Å². The van der Waals surface area contributed by atoms with Crippen LogP contribution in [0.2, 0.25) is 0 Å². The van der Waals surface area contributed by atoms with Crippen LogP contribution in [-0.2, 0) is 22.8 Å². The summed E-state index contributed by atoms with van der Waals surface area (Å²) in [7, 11) is -3.02. The quantitative estimate of drug-likeness (QED) is 0.612. The molecule has 1 aromatic carbocycles. The lowest BCUT2D eigenvalue weighted by Gasteiger charge is -2.29. The van der Waals surface area contributed by atoms with E-state index in [1.54, 1.807) is 12.3 Å². The molecule has 1 aromatic heterocycles. The molecule has 28 heavy (non-hydrogen) atoms. The highest BCUT2D eigenvalue weighted by atomic mass is 32.2. The summed E-state index contributed by atoms with van der Waals surface area (Å²) in [6, 6.07) is 11.2. The zero-order chi connectivity index (χ0) is 20.0. The van der Waals surface area contributed by atoms with Gasteiger partial charge in [0, 0.05) is 12.6 Å². The third kappa shape index (κ3) is 5.70. The number of hydrogen-bond donors (Lipinski definition) is 1. The number of rotatable bonds is 10. The van der Waals surface area contributed by atoms with Gasteiger partial charge in [-0.15, -0.1) is 6.58 Å². The Bertz CT molecular complexity index is 863. The number of para-hydroxylation sites is 1. The molecule has 2 aromatic rings. The number of aliphatic hydroxyl groups is 1. The minimum atomic E-state index is -3.02. The molecule has 152 valence electrons.